The van der Waals surface area contributed by atoms with Crippen LogP contribution in [0.5, 0.6) is 0 Å². The molecule has 3 rings (SSSR count). The lowest BCUT2D eigenvalue weighted by Gasteiger charge is -2.17. The molecule has 2 atom stereocenters. The predicted molar refractivity (Wildman–Crippen MR) is 75.2 cm³/mol. The van der Waals surface area contributed by atoms with E-state index in [0.29, 0.717) is 12.1 Å². The third kappa shape index (κ3) is 2.96. The Kier molecular flexibility index (Phi) is 3.51. The normalized spacial score (nSPS) is 22.6. The summed E-state index contributed by atoms with van der Waals surface area (Å²) in [4.78, 5) is 0. The predicted octanol–water partition coefficient (Wildman–Crippen LogP) is 2.52. The Balaban J connectivity index is 1.62. The van der Waals surface area contributed by atoms with Crippen LogP contribution in [0.4, 0.5) is 5.69 Å². The molecule has 4 heteroatoms. The minimum atomic E-state index is 0.295. The number of hydrogen-bond acceptors (Lipinski definition) is 3. The van der Waals surface area contributed by atoms with Crippen LogP contribution in [0, 0.1) is 0 Å². The zero-order valence-corrected chi connectivity index (χ0v) is 11.1. The van der Waals surface area contributed by atoms with E-state index in [9.17, 15) is 0 Å². The molecule has 0 bridgehead atoms. The van der Waals surface area contributed by atoms with Crippen molar-refractivity contribution >= 4 is 5.69 Å². The number of nitrogens with zero attached hydrogens (tertiary/aromatic N) is 2. The highest BCUT2D eigenvalue weighted by molar-refractivity contribution is 5.45. The van der Waals surface area contributed by atoms with Crippen molar-refractivity contribution in [1.82, 2.24) is 9.78 Å². The van der Waals surface area contributed by atoms with Gasteiger partial charge in [0.05, 0.1) is 18.7 Å². The first-order chi connectivity index (χ1) is 9.31. The SMILES string of the molecule is CC1OCCC1Nc1ccc(Cn2cccn2)cc1. The average molecular weight is 257 g/mol. The third-order valence-corrected chi connectivity index (χ3v) is 3.59. The van der Waals surface area contributed by atoms with E-state index < -0.39 is 0 Å². The summed E-state index contributed by atoms with van der Waals surface area (Å²) < 4.78 is 7.48. The van der Waals surface area contributed by atoms with Crippen molar-refractivity contribution in [2.75, 3.05) is 11.9 Å². The summed E-state index contributed by atoms with van der Waals surface area (Å²) in [5.74, 6) is 0. The number of aromatic nitrogens is 2. The van der Waals surface area contributed by atoms with Crippen molar-refractivity contribution in [1.29, 1.82) is 0 Å². The maximum Gasteiger partial charge on any atom is 0.0748 e. The van der Waals surface area contributed by atoms with Crippen molar-refractivity contribution in [2.45, 2.75) is 32.0 Å². The van der Waals surface area contributed by atoms with Gasteiger partial charge in [-0.05, 0) is 37.1 Å². The van der Waals surface area contributed by atoms with Gasteiger partial charge in [0.25, 0.3) is 0 Å². The molecule has 0 radical (unpaired) electrons. The highest BCUT2D eigenvalue weighted by atomic mass is 16.5. The Morgan fingerprint density at radius 2 is 2.21 bits per heavy atom. The van der Waals surface area contributed by atoms with E-state index in [1.807, 2.05) is 16.9 Å². The third-order valence-electron chi connectivity index (χ3n) is 3.59. The summed E-state index contributed by atoms with van der Waals surface area (Å²) in [5, 5.41) is 7.74. The smallest absolute Gasteiger partial charge is 0.0748 e. The van der Waals surface area contributed by atoms with Crippen molar-refractivity contribution in [3.05, 3.63) is 48.3 Å². The summed E-state index contributed by atoms with van der Waals surface area (Å²) in [7, 11) is 0. The minimum absolute atomic E-state index is 0.295. The van der Waals surface area contributed by atoms with Crippen LogP contribution in [-0.2, 0) is 11.3 Å². The van der Waals surface area contributed by atoms with Crippen molar-refractivity contribution in [3.63, 3.8) is 0 Å². The standard InChI is InChI=1S/C15H19N3O/c1-12-15(7-10-19-12)17-14-5-3-13(4-6-14)11-18-9-2-8-16-18/h2-6,8-9,12,15,17H,7,10-11H2,1H3. The lowest BCUT2D eigenvalue weighted by Crippen LogP contribution is -2.26. The number of rotatable bonds is 4. The fraction of sp³-hybridized carbons (Fsp3) is 0.400. The van der Waals surface area contributed by atoms with Crippen LogP contribution >= 0.6 is 0 Å². The molecule has 2 heterocycles. The molecule has 2 aromatic rings. The summed E-state index contributed by atoms with van der Waals surface area (Å²) in [6.07, 6.45) is 5.15. The number of ether oxygens (including phenoxy) is 1. The van der Waals surface area contributed by atoms with Gasteiger partial charge in [-0.25, -0.2) is 0 Å². The molecule has 1 aromatic carbocycles. The number of nitrogens with one attached hydrogen (secondary N) is 1. The Labute approximate surface area is 113 Å². The van der Waals surface area contributed by atoms with Gasteiger partial charge in [0.1, 0.15) is 0 Å². The summed E-state index contributed by atoms with van der Waals surface area (Å²) >= 11 is 0. The van der Waals surface area contributed by atoms with Gasteiger partial charge >= 0.3 is 0 Å². The van der Waals surface area contributed by atoms with Crippen molar-refractivity contribution in [3.8, 4) is 0 Å². The lowest BCUT2D eigenvalue weighted by atomic mass is 10.1. The van der Waals surface area contributed by atoms with Crippen LogP contribution in [0.1, 0.15) is 18.9 Å². The van der Waals surface area contributed by atoms with E-state index in [-0.39, 0.29) is 0 Å². The zero-order valence-electron chi connectivity index (χ0n) is 11.1. The van der Waals surface area contributed by atoms with Gasteiger partial charge in [-0.2, -0.15) is 5.10 Å². The van der Waals surface area contributed by atoms with Crippen LogP contribution in [0.15, 0.2) is 42.7 Å². The lowest BCUT2D eigenvalue weighted by molar-refractivity contribution is 0.121. The van der Waals surface area contributed by atoms with E-state index in [2.05, 4.69) is 41.6 Å². The molecule has 19 heavy (non-hydrogen) atoms. The van der Waals surface area contributed by atoms with Gasteiger partial charge in [-0.3, -0.25) is 4.68 Å². The molecule has 0 aliphatic carbocycles. The molecule has 1 aromatic heterocycles. The van der Waals surface area contributed by atoms with E-state index in [4.69, 9.17) is 4.74 Å². The Bertz CT molecular complexity index is 507. The molecule has 0 amide bonds. The quantitative estimate of drug-likeness (QED) is 0.914. The van der Waals surface area contributed by atoms with Gasteiger partial charge in [0.15, 0.2) is 0 Å². The molecular weight excluding hydrogens is 238 g/mol. The largest absolute Gasteiger partial charge is 0.380 e. The van der Waals surface area contributed by atoms with Gasteiger partial charge in [-0.15, -0.1) is 0 Å². The van der Waals surface area contributed by atoms with Gasteiger partial charge < -0.3 is 10.1 Å². The van der Waals surface area contributed by atoms with E-state index in [1.54, 1.807) is 6.20 Å². The fourth-order valence-electron chi connectivity index (χ4n) is 2.42. The Hall–Kier alpha value is -1.81. The molecule has 1 N–H and O–H groups in total. The minimum Gasteiger partial charge on any atom is -0.380 e. The van der Waals surface area contributed by atoms with E-state index in [0.717, 1.165) is 25.3 Å². The molecule has 1 aliphatic rings. The second-order valence-electron chi connectivity index (χ2n) is 5.02. The molecule has 100 valence electrons. The molecule has 0 saturated carbocycles. The summed E-state index contributed by atoms with van der Waals surface area (Å²) in [5.41, 5.74) is 2.41. The number of anilines is 1. The van der Waals surface area contributed by atoms with Crippen molar-refractivity contribution < 1.29 is 4.74 Å². The topological polar surface area (TPSA) is 39.1 Å². The molecule has 0 spiro atoms. The number of hydrogen-bond donors (Lipinski definition) is 1. The molecule has 4 nitrogen and oxygen atoms in total. The number of benzene rings is 1. The van der Waals surface area contributed by atoms with E-state index in [1.165, 1.54) is 5.56 Å². The summed E-state index contributed by atoms with van der Waals surface area (Å²) in [6.45, 7) is 3.79. The van der Waals surface area contributed by atoms with Crippen LogP contribution in [0.3, 0.4) is 0 Å². The van der Waals surface area contributed by atoms with Crippen LogP contribution < -0.4 is 5.32 Å². The highest BCUT2D eigenvalue weighted by Gasteiger charge is 2.23. The molecular formula is C15H19N3O. The zero-order chi connectivity index (χ0) is 13.1. The van der Waals surface area contributed by atoms with Gasteiger partial charge in [0.2, 0.25) is 0 Å². The van der Waals surface area contributed by atoms with Crippen LogP contribution in [0.2, 0.25) is 0 Å². The van der Waals surface area contributed by atoms with Gasteiger partial charge in [-0.1, -0.05) is 12.1 Å². The van der Waals surface area contributed by atoms with Crippen LogP contribution in [0.25, 0.3) is 0 Å². The first-order valence-corrected chi connectivity index (χ1v) is 6.76. The first kappa shape index (κ1) is 12.2. The molecule has 1 aliphatic heterocycles. The maximum atomic E-state index is 5.56. The second-order valence-corrected chi connectivity index (χ2v) is 5.02. The molecule has 2 unspecified atom stereocenters. The fourth-order valence-corrected chi connectivity index (χ4v) is 2.42. The molecule has 1 fully saturated rings. The Morgan fingerprint density at radius 1 is 1.37 bits per heavy atom. The summed E-state index contributed by atoms with van der Waals surface area (Å²) in [6, 6.07) is 10.9. The first-order valence-electron chi connectivity index (χ1n) is 6.76. The monoisotopic (exact) mass is 257 g/mol. The van der Waals surface area contributed by atoms with Crippen molar-refractivity contribution in [2.24, 2.45) is 0 Å². The second kappa shape index (κ2) is 5.45. The van der Waals surface area contributed by atoms with Gasteiger partial charge in [0, 0.05) is 24.7 Å². The van der Waals surface area contributed by atoms with Crippen LogP contribution in [-0.4, -0.2) is 28.5 Å². The van der Waals surface area contributed by atoms with E-state index >= 15 is 0 Å². The maximum absolute atomic E-state index is 5.56. The highest BCUT2D eigenvalue weighted by Crippen LogP contribution is 2.19. The molecule has 1 saturated heterocycles. The average Bonchev–Trinajstić information content (AvgIpc) is 3.05. The Morgan fingerprint density at radius 3 is 2.84 bits per heavy atom.